The van der Waals surface area contributed by atoms with Crippen LogP contribution in [0.4, 0.5) is 18.9 Å². The highest BCUT2D eigenvalue weighted by Gasteiger charge is 2.46. The summed E-state index contributed by atoms with van der Waals surface area (Å²) in [5.74, 6) is 1.45. The third-order valence-electron chi connectivity index (χ3n) is 6.97. The number of aliphatic hydroxyl groups excluding tert-OH is 1. The molecule has 1 saturated carbocycles. The molecule has 39 heavy (non-hydrogen) atoms. The maximum Gasteiger partial charge on any atom is 0.516 e. The summed E-state index contributed by atoms with van der Waals surface area (Å²) in [6.07, 6.45) is 2.77. The lowest BCUT2D eigenvalue weighted by molar-refractivity contribution is -0.0429. The minimum atomic E-state index is -5.59. The van der Waals surface area contributed by atoms with E-state index in [4.69, 9.17) is 14.2 Å². The molecule has 2 aromatic carbocycles. The van der Waals surface area contributed by atoms with Crippen LogP contribution in [0.15, 0.2) is 41.8 Å². The Balaban J connectivity index is 1.29. The predicted molar refractivity (Wildman–Crippen MR) is 139 cm³/mol. The fourth-order valence-corrected chi connectivity index (χ4v) is 5.96. The van der Waals surface area contributed by atoms with Gasteiger partial charge in [0.2, 0.25) is 0 Å². The number of rotatable bonds is 9. The third-order valence-corrected chi connectivity index (χ3v) is 8.93. The molecule has 2 unspecified atom stereocenters. The Bertz CT molecular complexity index is 1440. The minimum Gasteiger partial charge on any atom is -0.496 e. The number of hydrogen-bond acceptors (Lipinski definition) is 8. The SMILES string of the molecule is COc1ccc(NS(=O)(=O)C(F)(F)F)cc1CC1COc2ccc(OCc3nc(C4CCC4)cs3)cc2C1O. The first-order valence-electron chi connectivity index (χ1n) is 12.3. The number of halogens is 3. The number of fused-ring (bicyclic) bond motifs is 1. The van der Waals surface area contributed by atoms with Gasteiger partial charge < -0.3 is 19.3 Å². The van der Waals surface area contributed by atoms with Crippen molar-refractivity contribution in [1.82, 2.24) is 4.98 Å². The molecule has 0 amide bonds. The van der Waals surface area contributed by atoms with Gasteiger partial charge in [-0.2, -0.15) is 21.6 Å². The highest BCUT2D eigenvalue weighted by atomic mass is 32.2. The number of methoxy groups -OCH3 is 1. The number of benzene rings is 2. The van der Waals surface area contributed by atoms with E-state index in [1.807, 2.05) is 0 Å². The second-order valence-corrected chi connectivity index (χ2v) is 12.2. The van der Waals surface area contributed by atoms with Crippen molar-refractivity contribution in [3.63, 3.8) is 0 Å². The minimum absolute atomic E-state index is 0.138. The van der Waals surface area contributed by atoms with Crippen LogP contribution in [-0.4, -0.2) is 37.7 Å². The van der Waals surface area contributed by atoms with Crippen molar-refractivity contribution in [2.24, 2.45) is 5.92 Å². The molecule has 2 aliphatic rings. The Morgan fingerprint density at radius 2 is 2.00 bits per heavy atom. The summed E-state index contributed by atoms with van der Waals surface area (Å²) in [4.78, 5) is 4.67. The standard InChI is InChI=1S/C26H27F3N2O6S2/c1-35-22-7-5-18(31-39(33,34)26(27,28)29)10-16(22)9-17-12-37-23-8-6-19(11-20(23)25(17)32)36-13-24-30-21(14-38-24)15-3-2-4-15/h5-8,10-11,14-15,17,25,31-32H,2-4,9,12-13H2,1H3. The molecule has 210 valence electrons. The van der Waals surface area contributed by atoms with Crippen LogP contribution in [0.2, 0.25) is 0 Å². The Hall–Kier alpha value is -3.03. The summed E-state index contributed by atoms with van der Waals surface area (Å²) in [5.41, 5.74) is -3.68. The van der Waals surface area contributed by atoms with Crippen molar-refractivity contribution >= 4 is 27.0 Å². The molecule has 13 heteroatoms. The molecule has 8 nitrogen and oxygen atoms in total. The first-order valence-corrected chi connectivity index (χ1v) is 14.7. The van der Waals surface area contributed by atoms with E-state index in [-0.39, 0.29) is 18.7 Å². The van der Waals surface area contributed by atoms with E-state index in [9.17, 15) is 26.7 Å². The third kappa shape index (κ3) is 5.94. The van der Waals surface area contributed by atoms with Gasteiger partial charge in [0.1, 0.15) is 28.9 Å². The molecule has 0 bridgehead atoms. The second kappa shape index (κ2) is 10.9. The first-order chi connectivity index (χ1) is 18.5. The fraction of sp³-hybridized carbons (Fsp3) is 0.423. The Kier molecular flexibility index (Phi) is 7.66. The Morgan fingerprint density at radius 3 is 2.69 bits per heavy atom. The van der Waals surface area contributed by atoms with E-state index in [1.54, 1.807) is 34.3 Å². The van der Waals surface area contributed by atoms with Crippen molar-refractivity contribution < 1.29 is 40.9 Å². The van der Waals surface area contributed by atoms with Gasteiger partial charge in [0, 0.05) is 28.5 Å². The van der Waals surface area contributed by atoms with E-state index in [2.05, 4.69) is 10.4 Å². The van der Waals surface area contributed by atoms with Crippen molar-refractivity contribution in [1.29, 1.82) is 0 Å². The summed E-state index contributed by atoms with van der Waals surface area (Å²) in [5, 5.41) is 14.1. The quantitative estimate of drug-likeness (QED) is 0.340. The smallest absolute Gasteiger partial charge is 0.496 e. The Morgan fingerprint density at radius 1 is 1.21 bits per heavy atom. The van der Waals surface area contributed by atoms with Gasteiger partial charge in [-0.25, -0.2) is 4.98 Å². The molecule has 0 radical (unpaired) electrons. The van der Waals surface area contributed by atoms with Crippen LogP contribution in [0.5, 0.6) is 17.2 Å². The van der Waals surface area contributed by atoms with Gasteiger partial charge in [0.25, 0.3) is 0 Å². The number of sulfonamides is 1. The molecule has 0 spiro atoms. The number of aromatic nitrogens is 1. The summed E-state index contributed by atoms with van der Waals surface area (Å²) >= 11 is 1.56. The highest BCUT2D eigenvalue weighted by Crippen LogP contribution is 2.41. The number of ether oxygens (including phenoxy) is 3. The molecule has 2 atom stereocenters. The lowest BCUT2D eigenvalue weighted by atomic mass is 9.83. The molecule has 2 N–H and O–H groups in total. The number of aliphatic hydroxyl groups is 1. The maximum atomic E-state index is 12.8. The molecule has 5 rings (SSSR count). The molecular formula is C26H27F3N2O6S2. The van der Waals surface area contributed by atoms with Crippen LogP contribution in [0.1, 0.15) is 53.1 Å². The van der Waals surface area contributed by atoms with Crippen LogP contribution in [0.3, 0.4) is 0 Å². The summed E-state index contributed by atoms with van der Waals surface area (Å²) < 4.78 is 80.2. The van der Waals surface area contributed by atoms with Gasteiger partial charge in [-0.15, -0.1) is 11.3 Å². The van der Waals surface area contributed by atoms with E-state index < -0.39 is 27.6 Å². The van der Waals surface area contributed by atoms with Crippen LogP contribution in [0.25, 0.3) is 0 Å². The van der Waals surface area contributed by atoms with Crippen molar-refractivity contribution in [2.75, 3.05) is 18.4 Å². The lowest BCUT2D eigenvalue weighted by Crippen LogP contribution is -2.30. The lowest BCUT2D eigenvalue weighted by Gasteiger charge is -2.31. The average molecular weight is 585 g/mol. The van der Waals surface area contributed by atoms with Crippen LogP contribution < -0.4 is 18.9 Å². The number of anilines is 1. The van der Waals surface area contributed by atoms with E-state index in [0.717, 1.165) is 10.7 Å². The summed E-state index contributed by atoms with van der Waals surface area (Å²) in [6.45, 7) is 0.438. The molecule has 1 aliphatic carbocycles. The number of nitrogens with one attached hydrogen (secondary N) is 1. The van der Waals surface area contributed by atoms with Gasteiger partial charge in [0.05, 0.1) is 25.5 Å². The monoisotopic (exact) mass is 584 g/mol. The normalized spacial score (nSPS) is 19.5. The van der Waals surface area contributed by atoms with Crippen LogP contribution in [0, 0.1) is 5.92 Å². The van der Waals surface area contributed by atoms with Gasteiger partial charge in [-0.05, 0) is 61.2 Å². The molecule has 1 aliphatic heterocycles. The van der Waals surface area contributed by atoms with Crippen molar-refractivity contribution in [2.45, 2.75) is 49.8 Å². The maximum absolute atomic E-state index is 12.8. The topological polar surface area (TPSA) is 107 Å². The number of thiazole rings is 1. The van der Waals surface area contributed by atoms with E-state index in [0.29, 0.717) is 40.9 Å². The molecular weight excluding hydrogens is 557 g/mol. The van der Waals surface area contributed by atoms with Crippen molar-refractivity contribution in [3.8, 4) is 17.2 Å². The van der Waals surface area contributed by atoms with Gasteiger partial charge in [-0.1, -0.05) is 6.42 Å². The summed E-state index contributed by atoms with van der Waals surface area (Å²) in [6, 6.07) is 8.99. The molecule has 2 heterocycles. The predicted octanol–water partition coefficient (Wildman–Crippen LogP) is 5.54. The zero-order valence-electron chi connectivity index (χ0n) is 20.9. The van der Waals surface area contributed by atoms with Crippen molar-refractivity contribution in [3.05, 3.63) is 63.6 Å². The van der Waals surface area contributed by atoms with E-state index >= 15 is 0 Å². The highest BCUT2D eigenvalue weighted by molar-refractivity contribution is 7.93. The molecule has 0 saturated heterocycles. The fourth-order valence-electron chi connectivity index (χ4n) is 4.62. The number of nitrogens with zero attached hydrogens (tertiary/aromatic N) is 1. The van der Waals surface area contributed by atoms with Gasteiger partial charge >= 0.3 is 15.5 Å². The largest absolute Gasteiger partial charge is 0.516 e. The molecule has 3 aromatic rings. The van der Waals surface area contributed by atoms with E-state index in [1.165, 1.54) is 44.6 Å². The number of hydrogen-bond donors (Lipinski definition) is 2. The number of alkyl halides is 3. The second-order valence-electron chi connectivity index (χ2n) is 9.58. The first kappa shape index (κ1) is 27.5. The van der Waals surface area contributed by atoms with Crippen LogP contribution >= 0.6 is 11.3 Å². The zero-order valence-corrected chi connectivity index (χ0v) is 22.5. The van der Waals surface area contributed by atoms with Crippen LogP contribution in [-0.2, 0) is 23.1 Å². The average Bonchev–Trinajstić information content (AvgIpc) is 3.31. The molecule has 1 fully saturated rings. The Labute approximate surface area is 227 Å². The van der Waals surface area contributed by atoms with Gasteiger partial charge in [0.15, 0.2) is 0 Å². The summed E-state index contributed by atoms with van der Waals surface area (Å²) in [7, 11) is -4.19. The molecule has 1 aromatic heterocycles. The van der Waals surface area contributed by atoms with Gasteiger partial charge in [-0.3, -0.25) is 4.72 Å². The zero-order chi connectivity index (χ0) is 27.8.